The third kappa shape index (κ3) is 6.33. The Balaban J connectivity index is 2.30. The van der Waals surface area contributed by atoms with Gasteiger partial charge in [0.05, 0.1) is 13.2 Å². The number of nitrogens with one attached hydrogen (secondary N) is 1. The van der Waals surface area contributed by atoms with E-state index in [1.807, 2.05) is 6.92 Å². The molecule has 0 saturated carbocycles. The van der Waals surface area contributed by atoms with Crippen molar-refractivity contribution < 1.29 is 19.4 Å². The summed E-state index contributed by atoms with van der Waals surface area (Å²) in [6, 6.07) is 7.05. The fraction of sp³-hybridized carbons (Fsp3) is 0.467. The molecule has 0 amide bonds. The average Bonchev–Trinajstić information content (AvgIpc) is 2.44. The molecule has 0 unspecified atom stereocenters. The highest BCUT2D eigenvalue weighted by molar-refractivity contribution is 5.97. The SMILES string of the molecule is CCCOc1ccc(C(=O)CNCCCC(=O)O)cc1. The highest BCUT2D eigenvalue weighted by Crippen LogP contribution is 2.12. The number of carbonyl (C=O) groups is 2. The molecular weight excluding hydrogens is 258 g/mol. The highest BCUT2D eigenvalue weighted by atomic mass is 16.5. The Hall–Kier alpha value is -1.88. The second-order valence-electron chi connectivity index (χ2n) is 4.47. The van der Waals surface area contributed by atoms with Crippen molar-refractivity contribution in [3.05, 3.63) is 29.8 Å². The van der Waals surface area contributed by atoms with Crippen molar-refractivity contribution in [1.29, 1.82) is 0 Å². The number of aliphatic carboxylic acids is 1. The Bertz CT molecular complexity index is 428. The second-order valence-corrected chi connectivity index (χ2v) is 4.47. The molecule has 1 aromatic carbocycles. The normalized spacial score (nSPS) is 10.2. The van der Waals surface area contributed by atoms with E-state index in [2.05, 4.69) is 5.32 Å². The second kappa shape index (κ2) is 9.09. The molecule has 0 aromatic heterocycles. The zero-order chi connectivity index (χ0) is 14.8. The number of carboxylic acid groups (broad SMARTS) is 1. The maximum Gasteiger partial charge on any atom is 0.303 e. The van der Waals surface area contributed by atoms with Gasteiger partial charge in [-0.05, 0) is 43.7 Å². The molecule has 0 aliphatic rings. The number of hydrogen-bond donors (Lipinski definition) is 2. The summed E-state index contributed by atoms with van der Waals surface area (Å²) in [5.41, 5.74) is 0.625. The lowest BCUT2D eigenvalue weighted by molar-refractivity contribution is -0.137. The molecule has 0 bridgehead atoms. The first-order valence-electron chi connectivity index (χ1n) is 6.82. The predicted octanol–water partition coefficient (Wildman–Crippen LogP) is 2.11. The minimum absolute atomic E-state index is 0.0117. The van der Waals surface area contributed by atoms with Crippen LogP contribution in [0.3, 0.4) is 0 Å². The van der Waals surface area contributed by atoms with E-state index in [1.54, 1.807) is 24.3 Å². The quantitative estimate of drug-likeness (QED) is 0.507. The smallest absolute Gasteiger partial charge is 0.303 e. The van der Waals surface area contributed by atoms with Crippen molar-refractivity contribution >= 4 is 11.8 Å². The first-order valence-corrected chi connectivity index (χ1v) is 6.82. The summed E-state index contributed by atoms with van der Waals surface area (Å²) in [4.78, 5) is 22.2. The van der Waals surface area contributed by atoms with E-state index < -0.39 is 5.97 Å². The Morgan fingerprint density at radius 2 is 1.95 bits per heavy atom. The number of rotatable bonds is 10. The molecule has 2 N–H and O–H groups in total. The van der Waals surface area contributed by atoms with Crippen molar-refractivity contribution in [2.45, 2.75) is 26.2 Å². The molecule has 0 aliphatic carbocycles. The van der Waals surface area contributed by atoms with E-state index in [0.29, 0.717) is 25.1 Å². The van der Waals surface area contributed by atoms with Crippen LogP contribution in [-0.2, 0) is 4.79 Å². The van der Waals surface area contributed by atoms with Crippen molar-refractivity contribution in [3.8, 4) is 5.75 Å². The van der Waals surface area contributed by atoms with Crippen LogP contribution in [0.1, 0.15) is 36.5 Å². The van der Waals surface area contributed by atoms with Gasteiger partial charge in [0.2, 0.25) is 0 Å². The largest absolute Gasteiger partial charge is 0.494 e. The van der Waals surface area contributed by atoms with Gasteiger partial charge in [0.1, 0.15) is 5.75 Å². The van der Waals surface area contributed by atoms with Crippen molar-refractivity contribution in [1.82, 2.24) is 5.32 Å². The summed E-state index contributed by atoms with van der Waals surface area (Å²) < 4.78 is 5.44. The molecule has 0 radical (unpaired) electrons. The molecule has 1 rings (SSSR count). The Labute approximate surface area is 118 Å². The third-order valence-electron chi connectivity index (χ3n) is 2.68. The molecule has 5 heteroatoms. The van der Waals surface area contributed by atoms with Crippen LogP contribution in [-0.4, -0.2) is 36.6 Å². The van der Waals surface area contributed by atoms with Gasteiger partial charge in [0.25, 0.3) is 0 Å². The van der Waals surface area contributed by atoms with Crippen LogP contribution >= 0.6 is 0 Å². The van der Waals surface area contributed by atoms with Crippen LogP contribution in [0.4, 0.5) is 0 Å². The first kappa shape index (κ1) is 16.2. The Morgan fingerprint density at radius 3 is 2.55 bits per heavy atom. The summed E-state index contributed by atoms with van der Waals surface area (Å²) in [5.74, 6) is -0.0685. The maximum atomic E-state index is 11.8. The molecular formula is C15H21NO4. The third-order valence-corrected chi connectivity index (χ3v) is 2.68. The lowest BCUT2D eigenvalue weighted by Crippen LogP contribution is -2.24. The van der Waals surface area contributed by atoms with Crippen LogP contribution in [0.2, 0.25) is 0 Å². The Morgan fingerprint density at radius 1 is 1.25 bits per heavy atom. The fourth-order valence-electron chi connectivity index (χ4n) is 1.63. The van der Waals surface area contributed by atoms with Gasteiger partial charge < -0.3 is 15.2 Å². The molecule has 0 atom stereocenters. The van der Waals surface area contributed by atoms with Gasteiger partial charge in [-0.2, -0.15) is 0 Å². The molecule has 0 fully saturated rings. The van der Waals surface area contributed by atoms with Crippen LogP contribution in [0.5, 0.6) is 5.75 Å². The van der Waals surface area contributed by atoms with Crippen molar-refractivity contribution in [3.63, 3.8) is 0 Å². The number of carboxylic acids is 1. The van der Waals surface area contributed by atoms with E-state index in [4.69, 9.17) is 9.84 Å². The fourth-order valence-corrected chi connectivity index (χ4v) is 1.63. The van der Waals surface area contributed by atoms with Gasteiger partial charge in [-0.3, -0.25) is 9.59 Å². The predicted molar refractivity (Wildman–Crippen MR) is 76.3 cm³/mol. The van der Waals surface area contributed by atoms with Gasteiger partial charge >= 0.3 is 5.97 Å². The standard InChI is InChI=1S/C15H21NO4/c1-2-10-20-13-7-5-12(6-8-13)14(17)11-16-9-3-4-15(18)19/h5-8,16H,2-4,9-11H2,1H3,(H,18,19). The summed E-state index contributed by atoms with van der Waals surface area (Å²) in [7, 11) is 0. The number of benzene rings is 1. The average molecular weight is 279 g/mol. The minimum Gasteiger partial charge on any atom is -0.494 e. The molecule has 0 spiro atoms. The van der Waals surface area contributed by atoms with Gasteiger partial charge in [-0.25, -0.2) is 0 Å². The highest BCUT2D eigenvalue weighted by Gasteiger charge is 2.05. The van der Waals surface area contributed by atoms with E-state index in [-0.39, 0.29) is 18.7 Å². The zero-order valence-corrected chi connectivity index (χ0v) is 11.7. The number of hydrogen-bond acceptors (Lipinski definition) is 4. The summed E-state index contributed by atoms with van der Waals surface area (Å²) in [6.07, 6.45) is 1.58. The van der Waals surface area contributed by atoms with E-state index >= 15 is 0 Å². The number of ketones is 1. The summed E-state index contributed by atoms with van der Waals surface area (Å²) in [5, 5.41) is 11.4. The molecule has 0 heterocycles. The summed E-state index contributed by atoms with van der Waals surface area (Å²) in [6.45, 7) is 3.44. The van der Waals surface area contributed by atoms with Gasteiger partial charge in [-0.15, -0.1) is 0 Å². The van der Waals surface area contributed by atoms with Crippen LogP contribution in [0.15, 0.2) is 24.3 Å². The Kier molecular flexibility index (Phi) is 7.35. The minimum atomic E-state index is -0.819. The topological polar surface area (TPSA) is 75.6 Å². The van der Waals surface area contributed by atoms with Crippen LogP contribution < -0.4 is 10.1 Å². The van der Waals surface area contributed by atoms with Crippen molar-refractivity contribution in [2.24, 2.45) is 0 Å². The molecule has 110 valence electrons. The van der Waals surface area contributed by atoms with Crippen LogP contribution in [0.25, 0.3) is 0 Å². The monoisotopic (exact) mass is 279 g/mol. The van der Waals surface area contributed by atoms with E-state index in [0.717, 1.165) is 12.2 Å². The number of carbonyl (C=O) groups excluding carboxylic acids is 1. The lowest BCUT2D eigenvalue weighted by atomic mass is 10.1. The number of ether oxygens (including phenoxy) is 1. The molecule has 20 heavy (non-hydrogen) atoms. The summed E-state index contributed by atoms with van der Waals surface area (Å²) >= 11 is 0. The molecule has 0 saturated heterocycles. The van der Waals surface area contributed by atoms with E-state index in [9.17, 15) is 9.59 Å². The van der Waals surface area contributed by atoms with Gasteiger partial charge in [0.15, 0.2) is 5.78 Å². The van der Waals surface area contributed by atoms with E-state index in [1.165, 1.54) is 0 Å². The zero-order valence-electron chi connectivity index (χ0n) is 11.7. The maximum absolute atomic E-state index is 11.8. The van der Waals surface area contributed by atoms with Gasteiger partial charge in [-0.1, -0.05) is 6.92 Å². The van der Waals surface area contributed by atoms with Crippen molar-refractivity contribution in [2.75, 3.05) is 19.7 Å². The van der Waals surface area contributed by atoms with Crippen LogP contribution in [0, 0.1) is 0 Å². The lowest BCUT2D eigenvalue weighted by Gasteiger charge is -2.06. The first-order chi connectivity index (χ1) is 9.63. The number of Topliss-reactive ketones (excluding diaryl/α,β-unsaturated/α-hetero) is 1. The van der Waals surface area contributed by atoms with Gasteiger partial charge in [0, 0.05) is 12.0 Å². The molecule has 5 nitrogen and oxygen atoms in total. The molecule has 0 aliphatic heterocycles. The molecule has 1 aromatic rings.